The van der Waals surface area contributed by atoms with E-state index in [1.54, 1.807) is 18.2 Å². The molecule has 0 saturated heterocycles. The zero-order valence-corrected chi connectivity index (χ0v) is 19.0. The second kappa shape index (κ2) is 7.83. The summed E-state index contributed by atoms with van der Waals surface area (Å²) in [6.07, 6.45) is 4.37. The summed E-state index contributed by atoms with van der Waals surface area (Å²) >= 11 is 6.16. The van der Waals surface area contributed by atoms with Crippen molar-refractivity contribution in [1.29, 1.82) is 0 Å². The second-order valence-corrected chi connectivity index (χ2v) is 9.71. The lowest BCUT2D eigenvalue weighted by molar-refractivity contribution is -0.133. The number of hydrogen-bond donors (Lipinski definition) is 0. The number of benzene rings is 2. The van der Waals surface area contributed by atoms with Gasteiger partial charge in [-0.25, -0.2) is 0 Å². The highest BCUT2D eigenvalue weighted by atomic mass is 35.5. The number of fused-ring (bicyclic) bond motifs is 4. The van der Waals surface area contributed by atoms with Gasteiger partial charge in [-0.15, -0.1) is 0 Å². The maximum absolute atomic E-state index is 13.5. The van der Waals surface area contributed by atoms with E-state index >= 15 is 0 Å². The highest BCUT2D eigenvalue weighted by molar-refractivity contribution is 6.31. The van der Waals surface area contributed by atoms with Crippen LogP contribution in [0.4, 0.5) is 5.69 Å². The van der Waals surface area contributed by atoms with Crippen LogP contribution < -0.4 is 19.1 Å². The molecule has 1 spiro atoms. The molecule has 33 heavy (non-hydrogen) atoms. The zero-order valence-electron chi connectivity index (χ0n) is 18.3. The van der Waals surface area contributed by atoms with Crippen LogP contribution in [0.1, 0.15) is 36.8 Å². The van der Waals surface area contributed by atoms with Gasteiger partial charge in [-0.3, -0.25) is 14.5 Å². The zero-order chi connectivity index (χ0) is 22.6. The first-order valence-electron chi connectivity index (χ1n) is 11.5. The molecule has 0 N–H and O–H groups in total. The molecule has 2 amide bonds. The van der Waals surface area contributed by atoms with Gasteiger partial charge >= 0.3 is 0 Å². The monoisotopic (exact) mass is 468 g/mol. The van der Waals surface area contributed by atoms with E-state index in [1.165, 1.54) is 10.5 Å². The van der Waals surface area contributed by atoms with Crippen LogP contribution in [0.25, 0.3) is 0 Å². The van der Waals surface area contributed by atoms with Gasteiger partial charge in [0, 0.05) is 23.5 Å². The van der Waals surface area contributed by atoms with Gasteiger partial charge in [0.05, 0.1) is 5.69 Å². The molecule has 0 bridgehead atoms. The van der Waals surface area contributed by atoms with Crippen molar-refractivity contribution in [2.75, 3.05) is 37.8 Å². The summed E-state index contributed by atoms with van der Waals surface area (Å²) in [4.78, 5) is 29.6. The Balaban J connectivity index is 1.31. The predicted octanol–water partition coefficient (Wildman–Crippen LogP) is 3.69. The molecule has 1 saturated carbocycles. The van der Waals surface area contributed by atoms with Crippen LogP contribution in [0.15, 0.2) is 30.3 Å². The summed E-state index contributed by atoms with van der Waals surface area (Å²) in [6.45, 7) is 2.11. The standard InChI is InChI=1S/C25H25ClN2O5/c26-17-3-4-20-19(10-17)28(24(30)14-33-20)13-23(29)27-12-16-9-21-22(32-8-7-31-21)11-18(16)25(15-27)5-1-2-6-25/h3-4,9-11H,1-2,5-8,12-15H2. The van der Waals surface area contributed by atoms with Crippen LogP contribution in [0, 0.1) is 0 Å². The molecule has 4 aliphatic rings. The van der Waals surface area contributed by atoms with Crippen molar-refractivity contribution in [3.05, 3.63) is 46.5 Å². The van der Waals surface area contributed by atoms with Crippen LogP contribution in [-0.4, -0.2) is 49.6 Å². The molecule has 3 heterocycles. The third-order valence-electron chi connectivity index (χ3n) is 7.26. The number of anilines is 1. The minimum Gasteiger partial charge on any atom is -0.486 e. The summed E-state index contributed by atoms with van der Waals surface area (Å²) < 4.78 is 17.2. The maximum atomic E-state index is 13.5. The number of amides is 2. The molecular formula is C25H25ClN2O5. The summed E-state index contributed by atoms with van der Waals surface area (Å²) in [6, 6.07) is 9.30. The third kappa shape index (κ3) is 3.50. The van der Waals surface area contributed by atoms with E-state index in [0.29, 0.717) is 42.8 Å². The summed E-state index contributed by atoms with van der Waals surface area (Å²) in [5, 5.41) is 0.494. The van der Waals surface area contributed by atoms with Crippen molar-refractivity contribution in [3.63, 3.8) is 0 Å². The first kappa shape index (κ1) is 20.7. The molecule has 0 atom stereocenters. The van der Waals surface area contributed by atoms with Gasteiger partial charge in [-0.05, 0) is 54.3 Å². The molecule has 0 unspecified atom stereocenters. The average molecular weight is 469 g/mol. The topological polar surface area (TPSA) is 68.3 Å². The van der Waals surface area contributed by atoms with E-state index < -0.39 is 0 Å². The highest BCUT2D eigenvalue weighted by Crippen LogP contribution is 2.49. The Kier molecular flexibility index (Phi) is 4.91. The molecule has 0 radical (unpaired) electrons. The Hall–Kier alpha value is -2.93. The van der Waals surface area contributed by atoms with Crippen LogP contribution in [0.3, 0.4) is 0 Å². The Morgan fingerprint density at radius 2 is 1.76 bits per heavy atom. The fourth-order valence-corrected chi connectivity index (χ4v) is 5.87. The molecule has 1 fully saturated rings. The van der Waals surface area contributed by atoms with Gasteiger partial charge in [0.2, 0.25) is 5.91 Å². The quantitative estimate of drug-likeness (QED) is 0.672. The second-order valence-electron chi connectivity index (χ2n) is 9.27. The van der Waals surface area contributed by atoms with Gasteiger partial charge in [0.25, 0.3) is 5.91 Å². The fraction of sp³-hybridized carbons (Fsp3) is 0.440. The molecule has 6 rings (SSSR count). The van der Waals surface area contributed by atoms with Gasteiger partial charge < -0.3 is 19.1 Å². The molecule has 0 aromatic heterocycles. The minimum absolute atomic E-state index is 0.0362. The van der Waals surface area contributed by atoms with Crippen LogP contribution in [0.2, 0.25) is 5.02 Å². The maximum Gasteiger partial charge on any atom is 0.265 e. The summed E-state index contributed by atoms with van der Waals surface area (Å²) in [7, 11) is 0. The molecular weight excluding hydrogens is 444 g/mol. The van der Waals surface area contributed by atoms with E-state index in [1.807, 2.05) is 11.0 Å². The van der Waals surface area contributed by atoms with Gasteiger partial charge in [0.15, 0.2) is 18.1 Å². The number of hydrogen-bond acceptors (Lipinski definition) is 5. The van der Waals surface area contributed by atoms with Crippen LogP contribution >= 0.6 is 11.6 Å². The highest BCUT2D eigenvalue weighted by Gasteiger charge is 2.44. The Morgan fingerprint density at radius 1 is 1.00 bits per heavy atom. The van der Waals surface area contributed by atoms with Crippen molar-refractivity contribution in [3.8, 4) is 17.2 Å². The smallest absolute Gasteiger partial charge is 0.265 e. The molecule has 2 aromatic rings. The largest absolute Gasteiger partial charge is 0.486 e. The van der Waals surface area contributed by atoms with E-state index in [2.05, 4.69) is 6.07 Å². The number of halogens is 1. The normalized spacial score (nSPS) is 20.3. The van der Waals surface area contributed by atoms with E-state index in [0.717, 1.165) is 42.7 Å². The Labute approximate surface area is 197 Å². The van der Waals surface area contributed by atoms with Crippen molar-refractivity contribution in [1.82, 2.24) is 4.90 Å². The lowest BCUT2D eigenvalue weighted by Crippen LogP contribution is -2.51. The first-order valence-corrected chi connectivity index (χ1v) is 11.8. The molecule has 2 aromatic carbocycles. The molecule has 1 aliphatic carbocycles. The molecule has 8 heteroatoms. The Bertz CT molecular complexity index is 1140. The minimum atomic E-state index is -0.245. The van der Waals surface area contributed by atoms with Crippen molar-refractivity contribution in [2.45, 2.75) is 37.6 Å². The van der Waals surface area contributed by atoms with Gasteiger partial charge in [-0.1, -0.05) is 24.4 Å². The summed E-state index contributed by atoms with van der Waals surface area (Å²) in [5.41, 5.74) is 2.86. The van der Waals surface area contributed by atoms with Crippen LogP contribution in [0.5, 0.6) is 17.2 Å². The predicted molar refractivity (Wildman–Crippen MR) is 122 cm³/mol. The van der Waals surface area contributed by atoms with Crippen molar-refractivity contribution < 1.29 is 23.8 Å². The molecule has 3 aliphatic heterocycles. The summed E-state index contributed by atoms with van der Waals surface area (Å²) in [5.74, 6) is 1.79. The van der Waals surface area contributed by atoms with Crippen molar-refractivity contribution in [2.24, 2.45) is 0 Å². The van der Waals surface area contributed by atoms with Gasteiger partial charge in [-0.2, -0.15) is 0 Å². The lowest BCUT2D eigenvalue weighted by atomic mass is 9.73. The van der Waals surface area contributed by atoms with E-state index in [4.69, 9.17) is 25.8 Å². The van der Waals surface area contributed by atoms with Crippen molar-refractivity contribution >= 4 is 29.1 Å². The number of rotatable bonds is 2. The molecule has 172 valence electrons. The van der Waals surface area contributed by atoms with E-state index in [9.17, 15) is 9.59 Å². The Morgan fingerprint density at radius 3 is 2.55 bits per heavy atom. The number of carbonyl (C=O) groups is 2. The SMILES string of the molecule is O=C(CN1C(=O)COc2ccc(Cl)cc21)N1Cc2cc3c(cc2C2(CCCC2)C1)OCCO3. The first-order chi connectivity index (χ1) is 16.0. The average Bonchev–Trinajstić information content (AvgIpc) is 3.28. The fourth-order valence-electron chi connectivity index (χ4n) is 5.71. The third-order valence-corrected chi connectivity index (χ3v) is 7.50. The lowest BCUT2D eigenvalue weighted by Gasteiger charge is -2.43. The number of nitrogens with zero attached hydrogens (tertiary/aromatic N) is 2. The van der Waals surface area contributed by atoms with Crippen LogP contribution in [-0.2, 0) is 21.5 Å². The number of carbonyl (C=O) groups excluding carboxylic acids is 2. The van der Waals surface area contributed by atoms with E-state index in [-0.39, 0.29) is 30.4 Å². The number of ether oxygens (including phenoxy) is 3. The molecule has 7 nitrogen and oxygen atoms in total. The van der Waals surface area contributed by atoms with Gasteiger partial charge in [0.1, 0.15) is 25.5 Å².